The van der Waals surface area contributed by atoms with Crippen molar-refractivity contribution in [1.29, 1.82) is 0 Å². The number of nitrogens with one attached hydrogen (secondary N) is 12. The van der Waals surface area contributed by atoms with Gasteiger partial charge >= 0.3 is 5.97 Å². The minimum atomic E-state index is -1.83. The lowest BCUT2D eigenvalue weighted by Crippen LogP contribution is -2.63. The van der Waals surface area contributed by atoms with E-state index in [4.69, 9.17) is 5.73 Å². The van der Waals surface area contributed by atoms with Crippen LogP contribution in [0, 0.1) is 17.6 Å². The number of Topliss-reactive ketones (excluding diaryl/α,β-unsaturated/α-hetero) is 1. The van der Waals surface area contributed by atoms with Gasteiger partial charge in [0.15, 0.2) is 5.78 Å². The Morgan fingerprint density at radius 1 is 0.657 bits per heavy atom. The molecule has 2 bridgehead atoms. The van der Waals surface area contributed by atoms with Crippen molar-refractivity contribution in [2.45, 2.75) is 146 Å². The van der Waals surface area contributed by atoms with Crippen LogP contribution in [0.15, 0.2) is 110 Å². The van der Waals surface area contributed by atoms with Gasteiger partial charge in [-0.05, 0) is 109 Å². The van der Waals surface area contributed by atoms with Gasteiger partial charge in [0.1, 0.15) is 59.2 Å². The monoisotopic (exact) mass is 1410 g/mol. The fraction of sp³-hybridized carbons (Fsp3) is 0.371. The summed E-state index contributed by atoms with van der Waals surface area (Å²) in [7, 11) is 0. The van der Waals surface area contributed by atoms with E-state index in [1.807, 2.05) is 0 Å². The molecule has 0 radical (unpaired) electrons. The number of carboxylic acid groups (broad SMARTS) is 1. The molecule has 30 nitrogen and oxygen atoms in total. The number of phenols is 1. The van der Waals surface area contributed by atoms with E-state index in [1.165, 1.54) is 98.3 Å². The number of carbonyl (C=O) groups is 13. The van der Waals surface area contributed by atoms with Crippen LogP contribution < -0.4 is 53.6 Å². The third-order valence-corrected chi connectivity index (χ3v) is 18.0. The van der Waals surface area contributed by atoms with Crippen LogP contribution in [0.3, 0.4) is 0 Å². The number of hydrogen-bond donors (Lipinski definition) is 15. The number of aromatic nitrogens is 4. The van der Waals surface area contributed by atoms with Gasteiger partial charge in [0, 0.05) is 105 Å². The molecule has 7 aromatic rings. The van der Waals surface area contributed by atoms with Crippen LogP contribution >= 0.6 is 0 Å². The fourth-order valence-corrected chi connectivity index (χ4v) is 12.4. The number of aromatic hydroxyl groups is 1. The van der Waals surface area contributed by atoms with Gasteiger partial charge in [-0.25, -0.2) is 13.8 Å². The summed E-state index contributed by atoms with van der Waals surface area (Å²) in [6.07, 6.45) is 1.71. The zero-order chi connectivity index (χ0) is 73.5. The molecule has 3 aliphatic rings. The van der Waals surface area contributed by atoms with Gasteiger partial charge < -0.3 is 83.6 Å². The van der Waals surface area contributed by atoms with Gasteiger partial charge in [0.05, 0.1) is 36.9 Å². The molecule has 1 saturated heterocycles. The number of carboxylic acids is 1. The number of imidazole rings is 1. The smallest absolute Gasteiger partial charge is 0.304 e. The van der Waals surface area contributed by atoms with E-state index in [9.17, 15) is 62.1 Å². The molecule has 11 amide bonds. The quantitative estimate of drug-likeness (QED) is 0.0751. The molecule has 3 aliphatic heterocycles. The number of H-pyrrole nitrogens is 3. The van der Waals surface area contributed by atoms with Crippen molar-refractivity contribution in [1.82, 2.24) is 72.7 Å². The lowest BCUT2D eigenvalue weighted by Gasteiger charge is -2.37. The number of phenolic OH excluding ortho intramolecular Hbond substituents is 1. The van der Waals surface area contributed by atoms with Crippen LogP contribution in [0.2, 0.25) is 0 Å². The Morgan fingerprint density at radius 3 is 1.87 bits per heavy atom. The number of halogens is 2. The molecule has 102 heavy (non-hydrogen) atoms. The Morgan fingerprint density at radius 2 is 1.26 bits per heavy atom. The van der Waals surface area contributed by atoms with Crippen molar-refractivity contribution in [2.24, 2.45) is 11.7 Å². The van der Waals surface area contributed by atoms with Gasteiger partial charge in [0.2, 0.25) is 65.0 Å². The maximum atomic E-state index is 15.2. The number of hydrogen-bond acceptors (Lipinski definition) is 15. The molecular formula is C70H79F2N15O15. The molecule has 1 fully saturated rings. The van der Waals surface area contributed by atoms with E-state index < -0.39 is 181 Å². The van der Waals surface area contributed by atoms with E-state index in [0.29, 0.717) is 27.7 Å². The minimum Gasteiger partial charge on any atom is -0.508 e. The van der Waals surface area contributed by atoms with Crippen molar-refractivity contribution in [3.63, 3.8) is 0 Å². The number of nitrogens with zero attached hydrogens (tertiary/aromatic N) is 2. The summed E-state index contributed by atoms with van der Waals surface area (Å²) in [5.74, 6) is -15.6. The van der Waals surface area contributed by atoms with Gasteiger partial charge in [-0.2, -0.15) is 0 Å². The van der Waals surface area contributed by atoms with Crippen LogP contribution in [0.5, 0.6) is 5.75 Å². The molecule has 0 saturated carbocycles. The van der Waals surface area contributed by atoms with E-state index >= 15 is 19.2 Å². The topological polar surface area (TPSA) is 460 Å². The lowest BCUT2D eigenvalue weighted by atomic mass is 9.91. The Bertz CT molecular complexity index is 4320. The molecule has 4 aromatic carbocycles. The molecule has 10 rings (SSSR count). The molecule has 9 atom stereocenters. The first-order valence-corrected chi connectivity index (χ1v) is 32.9. The zero-order valence-electron chi connectivity index (χ0n) is 55.8. The second-order valence-electron chi connectivity index (χ2n) is 25.7. The number of primary amides is 1. The highest BCUT2D eigenvalue weighted by Gasteiger charge is 2.49. The summed E-state index contributed by atoms with van der Waals surface area (Å²) in [5.41, 5.74) is 7.28. The molecular weight excluding hydrogens is 1330 g/mol. The van der Waals surface area contributed by atoms with Crippen LogP contribution in [-0.4, -0.2) is 173 Å². The largest absolute Gasteiger partial charge is 0.508 e. The van der Waals surface area contributed by atoms with Crippen molar-refractivity contribution in [3.8, 4) is 5.75 Å². The standard InChI is InChI=1S/C70H79F2N15O15/c1-36-63(96)78-34-60(92)82-55(24-43-32-76-51-16-12-45(72)28-49(43)51)66(99)83-53(23-42-31-75-50-15-11-44(71)27-48(42)50)58(90)25-41(26-61(93)94)64(97)84-56(29-46-33-74-35-79-46)67(100)85-57(22-39-9-13-47(89)14-10-39)68(101)87-20-4-19-70(87,3)69(102)86-54(62(73)95)21-38-5-7-40(8-6-38)30-77-59(91)18-17-52(65(98)80-36)81-37(2)88/h5-16,27-28,31-33,35-36,41,52-57,75-76,89H,4,17-26,29-30,34H2,1-3H3,(H2,73,95)(H,74,79)(H,77,91)(H,78,96)(H,80,98)(H,81,88)(H,82,92)(H,83,99)(H,84,97)(H,85,100)(H,86,102)(H,93,94)/t36-,41-,52-,53-,54-,55-,56-,57-,70-/m0/s1. The van der Waals surface area contributed by atoms with E-state index in [1.54, 1.807) is 24.3 Å². The summed E-state index contributed by atoms with van der Waals surface area (Å²) in [4.78, 5) is 197. The molecule has 32 heteroatoms. The van der Waals surface area contributed by atoms with E-state index in [2.05, 4.69) is 67.8 Å². The van der Waals surface area contributed by atoms with Crippen LogP contribution in [-0.2, 0) is 101 Å². The molecule has 3 aromatic heterocycles. The number of nitrogens with two attached hydrogens (primary N) is 1. The normalized spacial score (nSPS) is 23.3. The van der Waals surface area contributed by atoms with Crippen molar-refractivity contribution < 1.29 is 81.3 Å². The molecule has 0 spiro atoms. The summed E-state index contributed by atoms with van der Waals surface area (Å²) < 4.78 is 29.8. The number of aliphatic carboxylic acids is 1. The summed E-state index contributed by atoms with van der Waals surface area (Å²) in [6, 6.07) is 9.08. The Kier molecular flexibility index (Phi) is 24.3. The Hall–Kier alpha value is -11.9. The van der Waals surface area contributed by atoms with Crippen molar-refractivity contribution >= 4 is 98.5 Å². The highest BCUT2D eigenvalue weighted by atomic mass is 19.1. The number of rotatable bonds is 12. The van der Waals surface area contributed by atoms with Crippen molar-refractivity contribution in [3.05, 3.63) is 155 Å². The number of fused-ring (bicyclic) bond motifs is 34. The lowest BCUT2D eigenvalue weighted by molar-refractivity contribution is -0.147. The zero-order valence-corrected chi connectivity index (χ0v) is 55.8. The number of ketones is 1. The summed E-state index contributed by atoms with van der Waals surface area (Å²) in [5, 5.41) is 44.3. The van der Waals surface area contributed by atoms with E-state index in [-0.39, 0.29) is 85.0 Å². The number of aromatic amines is 3. The predicted molar refractivity (Wildman–Crippen MR) is 361 cm³/mol. The van der Waals surface area contributed by atoms with Gasteiger partial charge in [-0.15, -0.1) is 0 Å². The molecule has 0 unspecified atom stereocenters. The minimum absolute atomic E-state index is 0.0103. The average Bonchev–Trinajstić information content (AvgIpc) is 1.59. The van der Waals surface area contributed by atoms with Crippen molar-refractivity contribution in [2.75, 3.05) is 13.1 Å². The summed E-state index contributed by atoms with van der Waals surface area (Å²) in [6.45, 7) is 3.02. The molecule has 538 valence electrons. The first-order valence-electron chi connectivity index (χ1n) is 32.9. The maximum absolute atomic E-state index is 15.2. The van der Waals surface area contributed by atoms with Gasteiger partial charge in [-0.1, -0.05) is 36.4 Å². The first kappa shape index (κ1) is 74.4. The van der Waals surface area contributed by atoms with Crippen LogP contribution in [0.25, 0.3) is 21.8 Å². The SMILES string of the molecule is CC(=O)N[C@H]1CCC(=O)NCc2ccc(cc2)C[C@@H](C(N)=O)NC(=O)[C@]2(C)CCCN2C(=O)[C@H](Cc2ccc(O)cc2)NC(=O)[C@H](Cc2c[nH]cn2)NC(=O)[C@H](CC(=O)O)CC(=O)[C@H](Cc2c[nH]c3ccc(F)cc23)NC(=O)[C@H](Cc2c[nH]c3ccc(F)cc23)NC(=O)CNC(=O)[C@H](C)NC1=O. The first-order chi connectivity index (χ1) is 48.6. The predicted octanol–water partition coefficient (Wildman–Crippen LogP) is 0.746. The third-order valence-electron chi connectivity index (χ3n) is 18.0. The highest BCUT2D eigenvalue weighted by molar-refractivity contribution is 6.01. The average molecular weight is 1410 g/mol. The van der Waals surface area contributed by atoms with Gasteiger partial charge in [-0.3, -0.25) is 62.3 Å². The second kappa shape index (κ2) is 33.3. The fourth-order valence-electron chi connectivity index (χ4n) is 12.4. The van der Waals surface area contributed by atoms with E-state index in [0.717, 1.165) is 13.0 Å². The molecule has 6 heterocycles. The Balaban J connectivity index is 1.06. The maximum Gasteiger partial charge on any atom is 0.304 e. The number of amides is 11. The third kappa shape index (κ3) is 19.5. The molecule has 0 aliphatic carbocycles. The number of carbonyl (C=O) groups excluding carboxylic acids is 12. The second-order valence-corrected chi connectivity index (χ2v) is 25.7. The van der Waals surface area contributed by atoms with Gasteiger partial charge in [0.25, 0.3) is 0 Å². The highest BCUT2D eigenvalue weighted by Crippen LogP contribution is 2.32. The van der Waals surface area contributed by atoms with Crippen LogP contribution in [0.1, 0.15) is 92.8 Å². The summed E-state index contributed by atoms with van der Waals surface area (Å²) >= 11 is 0. The number of benzene rings is 4. The van der Waals surface area contributed by atoms with Crippen LogP contribution in [0.4, 0.5) is 8.78 Å². The molecule has 16 N–H and O–H groups in total. The Labute approximate surface area is 581 Å².